The summed E-state index contributed by atoms with van der Waals surface area (Å²) in [5.74, 6) is 0.0396. The Morgan fingerprint density at radius 3 is 2.62 bits per heavy atom. The SMILES string of the molecule is O=C(CC1CCNCC1)Nc1cc(C(F)(F)F)ccc1Br. The first-order valence-corrected chi connectivity index (χ1v) is 7.53. The van der Waals surface area contributed by atoms with Crippen molar-refractivity contribution in [2.45, 2.75) is 25.4 Å². The summed E-state index contributed by atoms with van der Waals surface area (Å²) in [5.41, 5.74) is -0.619. The number of hydrogen-bond acceptors (Lipinski definition) is 2. The lowest BCUT2D eigenvalue weighted by Gasteiger charge is -2.22. The molecule has 1 heterocycles. The van der Waals surface area contributed by atoms with Gasteiger partial charge in [-0.05, 0) is 66.0 Å². The second kappa shape index (κ2) is 6.79. The van der Waals surface area contributed by atoms with E-state index < -0.39 is 11.7 Å². The van der Waals surface area contributed by atoms with Gasteiger partial charge >= 0.3 is 6.18 Å². The third kappa shape index (κ3) is 4.71. The first-order chi connectivity index (χ1) is 9.86. The zero-order chi connectivity index (χ0) is 15.5. The van der Waals surface area contributed by atoms with Gasteiger partial charge in [0, 0.05) is 10.9 Å². The maximum absolute atomic E-state index is 12.7. The lowest BCUT2D eigenvalue weighted by Crippen LogP contribution is -2.30. The molecule has 2 rings (SSSR count). The standard InChI is InChI=1S/C14H16BrF3N2O/c15-11-2-1-10(14(16,17)18)8-12(11)20-13(21)7-9-3-5-19-6-4-9/h1-2,8-9,19H,3-7H2,(H,20,21). The molecular formula is C14H16BrF3N2O. The molecule has 1 fully saturated rings. The zero-order valence-corrected chi connectivity index (χ0v) is 12.9. The number of rotatable bonds is 3. The van der Waals surface area contributed by atoms with E-state index in [1.807, 2.05) is 0 Å². The van der Waals surface area contributed by atoms with Crippen LogP contribution in [-0.2, 0) is 11.0 Å². The van der Waals surface area contributed by atoms with Crippen LogP contribution in [0.3, 0.4) is 0 Å². The number of amides is 1. The molecule has 1 aromatic rings. The Morgan fingerprint density at radius 2 is 2.00 bits per heavy atom. The molecule has 21 heavy (non-hydrogen) atoms. The van der Waals surface area contributed by atoms with Gasteiger partial charge in [0.1, 0.15) is 0 Å². The van der Waals surface area contributed by atoms with Crippen LogP contribution in [0.4, 0.5) is 18.9 Å². The predicted octanol–water partition coefficient (Wildman–Crippen LogP) is 3.80. The highest BCUT2D eigenvalue weighted by atomic mass is 79.9. The zero-order valence-electron chi connectivity index (χ0n) is 11.3. The van der Waals surface area contributed by atoms with Gasteiger partial charge in [-0.3, -0.25) is 4.79 Å². The van der Waals surface area contributed by atoms with Crippen molar-refractivity contribution in [3.63, 3.8) is 0 Å². The first-order valence-electron chi connectivity index (χ1n) is 6.73. The molecule has 0 spiro atoms. The van der Waals surface area contributed by atoms with E-state index in [-0.39, 0.29) is 17.5 Å². The fraction of sp³-hybridized carbons (Fsp3) is 0.500. The summed E-state index contributed by atoms with van der Waals surface area (Å²) in [7, 11) is 0. The number of piperidine rings is 1. The second-order valence-corrected chi connectivity index (χ2v) is 5.99. The molecule has 0 aliphatic carbocycles. The predicted molar refractivity (Wildman–Crippen MR) is 78.0 cm³/mol. The van der Waals surface area contributed by atoms with Gasteiger partial charge in [-0.15, -0.1) is 0 Å². The summed E-state index contributed by atoms with van der Waals surface area (Å²) in [6.07, 6.45) is -2.26. The number of nitrogens with one attached hydrogen (secondary N) is 2. The Bertz CT molecular complexity index is 513. The number of hydrogen-bond donors (Lipinski definition) is 2. The highest BCUT2D eigenvalue weighted by Gasteiger charge is 2.31. The lowest BCUT2D eigenvalue weighted by atomic mass is 9.94. The van der Waals surface area contributed by atoms with Crippen LogP contribution in [0.15, 0.2) is 22.7 Å². The maximum Gasteiger partial charge on any atom is 0.416 e. The topological polar surface area (TPSA) is 41.1 Å². The quantitative estimate of drug-likeness (QED) is 0.856. The van der Waals surface area contributed by atoms with Crippen molar-refractivity contribution >= 4 is 27.5 Å². The van der Waals surface area contributed by atoms with E-state index >= 15 is 0 Å². The summed E-state index contributed by atoms with van der Waals surface area (Å²) in [4.78, 5) is 12.0. The van der Waals surface area contributed by atoms with Crippen LogP contribution in [0.5, 0.6) is 0 Å². The van der Waals surface area contributed by atoms with E-state index in [1.54, 1.807) is 0 Å². The maximum atomic E-state index is 12.7. The minimum Gasteiger partial charge on any atom is -0.325 e. The van der Waals surface area contributed by atoms with Crippen LogP contribution < -0.4 is 10.6 Å². The molecule has 1 amide bonds. The number of halogens is 4. The smallest absolute Gasteiger partial charge is 0.325 e. The summed E-state index contributed by atoms with van der Waals surface area (Å²) in [6, 6.07) is 3.22. The minimum absolute atomic E-state index is 0.156. The van der Waals surface area contributed by atoms with E-state index in [9.17, 15) is 18.0 Å². The van der Waals surface area contributed by atoms with Crippen molar-refractivity contribution in [1.29, 1.82) is 0 Å². The van der Waals surface area contributed by atoms with Crippen LogP contribution in [0.25, 0.3) is 0 Å². The molecule has 1 aliphatic rings. The van der Waals surface area contributed by atoms with Crippen LogP contribution >= 0.6 is 15.9 Å². The summed E-state index contributed by atoms with van der Waals surface area (Å²) in [5, 5.41) is 5.77. The Morgan fingerprint density at radius 1 is 1.33 bits per heavy atom. The van der Waals surface area contributed by atoms with E-state index in [0.717, 1.165) is 38.1 Å². The first kappa shape index (κ1) is 16.3. The number of carbonyl (C=O) groups is 1. The minimum atomic E-state index is -4.42. The van der Waals surface area contributed by atoms with Crippen LogP contribution in [0.1, 0.15) is 24.8 Å². The molecule has 0 saturated carbocycles. The van der Waals surface area contributed by atoms with Crippen LogP contribution in [0.2, 0.25) is 0 Å². The molecular weight excluding hydrogens is 349 g/mol. The summed E-state index contributed by atoms with van der Waals surface area (Å²) >= 11 is 3.16. The number of benzene rings is 1. The normalized spacial score (nSPS) is 16.8. The Hall–Kier alpha value is -1.08. The molecule has 0 radical (unpaired) electrons. The van der Waals surface area contributed by atoms with E-state index in [4.69, 9.17) is 0 Å². The molecule has 1 saturated heterocycles. The van der Waals surface area contributed by atoms with Crippen molar-refractivity contribution < 1.29 is 18.0 Å². The van der Waals surface area contributed by atoms with Gasteiger partial charge in [0.15, 0.2) is 0 Å². The van der Waals surface area contributed by atoms with Crippen molar-refractivity contribution in [3.05, 3.63) is 28.2 Å². The Balaban J connectivity index is 2.02. The average Bonchev–Trinajstić information content (AvgIpc) is 2.41. The molecule has 1 aromatic carbocycles. The van der Waals surface area contributed by atoms with Gasteiger partial charge in [-0.2, -0.15) is 13.2 Å². The van der Waals surface area contributed by atoms with E-state index in [1.165, 1.54) is 6.07 Å². The molecule has 0 unspecified atom stereocenters. The van der Waals surface area contributed by atoms with Crippen molar-refractivity contribution in [2.75, 3.05) is 18.4 Å². The molecule has 116 valence electrons. The van der Waals surface area contributed by atoms with Gasteiger partial charge in [0.25, 0.3) is 0 Å². The van der Waals surface area contributed by atoms with Crippen LogP contribution in [-0.4, -0.2) is 19.0 Å². The monoisotopic (exact) mass is 364 g/mol. The fourth-order valence-corrected chi connectivity index (χ4v) is 2.69. The second-order valence-electron chi connectivity index (χ2n) is 5.14. The van der Waals surface area contributed by atoms with Crippen molar-refractivity contribution in [2.24, 2.45) is 5.92 Å². The van der Waals surface area contributed by atoms with Gasteiger partial charge in [-0.25, -0.2) is 0 Å². The summed E-state index contributed by atoms with van der Waals surface area (Å²) < 4.78 is 38.5. The van der Waals surface area contributed by atoms with Crippen LogP contribution in [0, 0.1) is 5.92 Å². The Kier molecular flexibility index (Phi) is 5.27. The average molecular weight is 365 g/mol. The highest BCUT2D eigenvalue weighted by Crippen LogP contribution is 2.34. The lowest BCUT2D eigenvalue weighted by molar-refractivity contribution is -0.137. The number of carbonyl (C=O) groups excluding carboxylic acids is 1. The third-order valence-electron chi connectivity index (χ3n) is 3.50. The van der Waals surface area contributed by atoms with Gasteiger partial charge in [-0.1, -0.05) is 0 Å². The molecule has 7 heteroatoms. The highest BCUT2D eigenvalue weighted by molar-refractivity contribution is 9.10. The molecule has 1 aliphatic heterocycles. The largest absolute Gasteiger partial charge is 0.416 e. The fourth-order valence-electron chi connectivity index (χ4n) is 2.35. The van der Waals surface area contributed by atoms with Crippen molar-refractivity contribution in [3.8, 4) is 0 Å². The molecule has 0 atom stereocenters. The molecule has 0 aromatic heterocycles. The van der Waals surface area contributed by atoms with Gasteiger partial charge < -0.3 is 10.6 Å². The Labute approximate surface area is 129 Å². The van der Waals surface area contributed by atoms with E-state index in [2.05, 4.69) is 26.6 Å². The van der Waals surface area contributed by atoms with E-state index in [0.29, 0.717) is 10.9 Å². The number of anilines is 1. The van der Waals surface area contributed by atoms with Gasteiger partial charge in [0.2, 0.25) is 5.91 Å². The molecule has 3 nitrogen and oxygen atoms in total. The third-order valence-corrected chi connectivity index (χ3v) is 4.19. The van der Waals surface area contributed by atoms with Crippen molar-refractivity contribution in [1.82, 2.24) is 5.32 Å². The van der Waals surface area contributed by atoms with Gasteiger partial charge in [0.05, 0.1) is 11.3 Å². The molecule has 0 bridgehead atoms. The molecule has 2 N–H and O–H groups in total. The number of alkyl halides is 3. The summed E-state index contributed by atoms with van der Waals surface area (Å²) in [6.45, 7) is 1.76.